The number of sulfone groups is 1. The highest BCUT2D eigenvalue weighted by Gasteiger charge is 2.36. The van der Waals surface area contributed by atoms with Crippen molar-refractivity contribution < 1.29 is 27.4 Å². The molecule has 0 amide bonds. The molecule has 0 fully saturated rings. The fourth-order valence-electron chi connectivity index (χ4n) is 2.69. The van der Waals surface area contributed by atoms with Crippen molar-refractivity contribution in [3.05, 3.63) is 51.7 Å². The third kappa shape index (κ3) is 3.09. The van der Waals surface area contributed by atoms with E-state index in [4.69, 9.17) is 4.74 Å². The van der Waals surface area contributed by atoms with Crippen LogP contribution in [-0.4, -0.2) is 25.6 Å². The van der Waals surface area contributed by atoms with Gasteiger partial charge in [0.15, 0.2) is 15.6 Å². The SMILES string of the molecule is CS(=O)(=O)c1ccc(Oc2cc(F)cc(Br)c2)c2c1C(=O)CC2O. The molecular formula is C16H12BrFO5S. The molecule has 0 spiro atoms. The molecule has 126 valence electrons. The molecule has 1 aliphatic rings. The third-order valence-electron chi connectivity index (χ3n) is 3.62. The first-order valence-corrected chi connectivity index (χ1v) is 9.57. The van der Waals surface area contributed by atoms with Gasteiger partial charge in [-0.3, -0.25) is 4.79 Å². The Balaban J connectivity index is 2.16. The highest BCUT2D eigenvalue weighted by Crippen LogP contribution is 2.42. The summed E-state index contributed by atoms with van der Waals surface area (Å²) in [6, 6.07) is 6.53. The molecule has 1 unspecified atom stereocenters. The van der Waals surface area contributed by atoms with E-state index in [-0.39, 0.29) is 33.9 Å². The predicted octanol–water partition coefficient (Wildman–Crippen LogP) is 3.40. The van der Waals surface area contributed by atoms with E-state index in [9.17, 15) is 22.7 Å². The van der Waals surface area contributed by atoms with E-state index >= 15 is 0 Å². The second-order valence-electron chi connectivity index (χ2n) is 5.47. The van der Waals surface area contributed by atoms with Crippen LogP contribution in [0.5, 0.6) is 11.5 Å². The van der Waals surface area contributed by atoms with Crippen LogP contribution in [0.1, 0.15) is 28.4 Å². The number of aliphatic hydroxyl groups excluding tert-OH is 1. The van der Waals surface area contributed by atoms with Gasteiger partial charge in [-0.1, -0.05) is 15.9 Å². The summed E-state index contributed by atoms with van der Waals surface area (Å²) in [6.07, 6.45) is -0.392. The summed E-state index contributed by atoms with van der Waals surface area (Å²) in [4.78, 5) is 12.0. The van der Waals surface area contributed by atoms with Crippen LogP contribution < -0.4 is 4.74 Å². The Labute approximate surface area is 146 Å². The fourth-order valence-corrected chi connectivity index (χ4v) is 4.05. The summed E-state index contributed by atoms with van der Waals surface area (Å²) in [6.45, 7) is 0. The Kier molecular flexibility index (Phi) is 4.23. The first-order valence-electron chi connectivity index (χ1n) is 6.89. The Morgan fingerprint density at radius 2 is 2.00 bits per heavy atom. The normalized spacial score (nSPS) is 17.0. The molecule has 1 aliphatic carbocycles. The summed E-state index contributed by atoms with van der Waals surface area (Å²) in [7, 11) is -3.64. The molecule has 24 heavy (non-hydrogen) atoms. The minimum Gasteiger partial charge on any atom is -0.457 e. The van der Waals surface area contributed by atoms with E-state index in [1.807, 2.05) is 0 Å². The number of carbonyl (C=O) groups is 1. The van der Waals surface area contributed by atoms with E-state index in [0.29, 0.717) is 4.47 Å². The van der Waals surface area contributed by atoms with E-state index in [2.05, 4.69) is 15.9 Å². The molecule has 0 aliphatic heterocycles. The second kappa shape index (κ2) is 5.94. The van der Waals surface area contributed by atoms with Gasteiger partial charge in [0.2, 0.25) is 0 Å². The highest BCUT2D eigenvalue weighted by atomic mass is 79.9. The number of rotatable bonds is 3. The van der Waals surface area contributed by atoms with Gasteiger partial charge in [0.1, 0.15) is 17.3 Å². The number of halogens is 2. The van der Waals surface area contributed by atoms with Crippen molar-refractivity contribution in [1.82, 2.24) is 0 Å². The monoisotopic (exact) mass is 414 g/mol. The number of hydrogen-bond acceptors (Lipinski definition) is 5. The van der Waals surface area contributed by atoms with E-state index in [0.717, 1.165) is 12.3 Å². The van der Waals surface area contributed by atoms with Crippen LogP contribution >= 0.6 is 15.9 Å². The second-order valence-corrected chi connectivity index (χ2v) is 8.37. The summed E-state index contributed by atoms with van der Waals surface area (Å²) < 4.78 is 43.3. The zero-order chi connectivity index (χ0) is 17.6. The van der Waals surface area contributed by atoms with Gasteiger partial charge < -0.3 is 9.84 Å². The van der Waals surface area contributed by atoms with Crippen LogP contribution in [0.15, 0.2) is 39.7 Å². The standard InChI is InChI=1S/C16H12BrFO5S/c1-24(21,22)14-3-2-13(15-11(19)7-12(20)16(14)15)23-10-5-8(17)4-9(18)6-10/h2-6,11,19H,7H2,1H3. The molecule has 5 nitrogen and oxygen atoms in total. The largest absolute Gasteiger partial charge is 0.457 e. The van der Waals surface area contributed by atoms with Crippen molar-refractivity contribution in [3.63, 3.8) is 0 Å². The average Bonchev–Trinajstić information content (AvgIpc) is 2.72. The van der Waals surface area contributed by atoms with Crippen LogP contribution in [0, 0.1) is 5.82 Å². The minimum atomic E-state index is -3.64. The first kappa shape index (κ1) is 17.1. The number of fused-ring (bicyclic) bond motifs is 1. The molecular weight excluding hydrogens is 403 g/mol. The van der Waals surface area contributed by atoms with Crippen molar-refractivity contribution >= 4 is 31.6 Å². The molecule has 1 atom stereocenters. The number of aliphatic hydroxyl groups is 1. The van der Waals surface area contributed by atoms with Crippen LogP contribution in [0.4, 0.5) is 4.39 Å². The number of carbonyl (C=O) groups excluding carboxylic acids is 1. The molecule has 0 radical (unpaired) electrons. The van der Waals surface area contributed by atoms with Crippen LogP contribution in [0.25, 0.3) is 0 Å². The Morgan fingerprint density at radius 3 is 2.62 bits per heavy atom. The van der Waals surface area contributed by atoms with Crippen LogP contribution in [0.2, 0.25) is 0 Å². The smallest absolute Gasteiger partial charge is 0.176 e. The Bertz CT molecular complexity index is 935. The summed E-state index contributed by atoms with van der Waals surface area (Å²) in [5.41, 5.74) is 0.0567. The first-order chi connectivity index (χ1) is 11.2. The highest BCUT2D eigenvalue weighted by molar-refractivity contribution is 9.10. The molecule has 1 N–H and O–H groups in total. The zero-order valence-electron chi connectivity index (χ0n) is 12.4. The number of hydrogen-bond donors (Lipinski definition) is 1. The number of benzene rings is 2. The van der Waals surface area contributed by atoms with Crippen molar-refractivity contribution in [2.24, 2.45) is 0 Å². The lowest BCUT2D eigenvalue weighted by atomic mass is 10.1. The van der Waals surface area contributed by atoms with Crippen molar-refractivity contribution in [1.29, 1.82) is 0 Å². The molecule has 3 rings (SSSR count). The fraction of sp³-hybridized carbons (Fsp3) is 0.188. The average molecular weight is 415 g/mol. The zero-order valence-corrected chi connectivity index (χ0v) is 14.8. The molecule has 8 heteroatoms. The van der Waals surface area contributed by atoms with Crippen LogP contribution in [-0.2, 0) is 9.84 Å². The molecule has 0 saturated carbocycles. The molecule has 0 aromatic heterocycles. The van der Waals surface area contributed by atoms with Gasteiger partial charge in [0.25, 0.3) is 0 Å². The third-order valence-corrected chi connectivity index (χ3v) is 5.22. The van der Waals surface area contributed by atoms with E-state index in [1.54, 1.807) is 0 Å². The number of ether oxygens (including phenoxy) is 1. The Hall–Kier alpha value is -1.77. The number of Topliss-reactive ketones (excluding diaryl/α,β-unsaturated/α-hetero) is 1. The van der Waals surface area contributed by atoms with Crippen molar-refractivity contribution in [2.75, 3.05) is 6.26 Å². The quantitative estimate of drug-likeness (QED) is 0.831. The Morgan fingerprint density at radius 1 is 1.29 bits per heavy atom. The summed E-state index contributed by atoms with van der Waals surface area (Å²) in [5.74, 6) is -0.722. The predicted molar refractivity (Wildman–Crippen MR) is 87.6 cm³/mol. The summed E-state index contributed by atoms with van der Waals surface area (Å²) in [5, 5.41) is 10.1. The number of ketones is 1. The van der Waals surface area contributed by atoms with E-state index in [1.165, 1.54) is 24.3 Å². The van der Waals surface area contributed by atoms with Gasteiger partial charge in [-0.05, 0) is 24.3 Å². The van der Waals surface area contributed by atoms with Gasteiger partial charge >= 0.3 is 0 Å². The van der Waals surface area contributed by atoms with Gasteiger partial charge in [0.05, 0.1) is 11.0 Å². The van der Waals surface area contributed by atoms with Gasteiger partial charge in [0, 0.05) is 34.3 Å². The molecule has 2 aromatic rings. The lowest BCUT2D eigenvalue weighted by Gasteiger charge is -2.14. The van der Waals surface area contributed by atoms with Gasteiger partial charge in [-0.15, -0.1) is 0 Å². The molecule has 0 saturated heterocycles. The minimum absolute atomic E-state index is 0.0574. The van der Waals surface area contributed by atoms with Crippen LogP contribution in [0.3, 0.4) is 0 Å². The van der Waals surface area contributed by atoms with E-state index < -0.39 is 27.5 Å². The molecule has 0 heterocycles. The van der Waals surface area contributed by atoms with Crippen molar-refractivity contribution in [3.8, 4) is 11.5 Å². The summed E-state index contributed by atoms with van der Waals surface area (Å²) >= 11 is 3.15. The maximum absolute atomic E-state index is 13.5. The van der Waals surface area contributed by atoms with Gasteiger partial charge in [-0.2, -0.15) is 0 Å². The maximum Gasteiger partial charge on any atom is 0.176 e. The topological polar surface area (TPSA) is 80.7 Å². The molecule has 0 bridgehead atoms. The van der Waals surface area contributed by atoms with Crippen molar-refractivity contribution in [2.45, 2.75) is 17.4 Å². The molecule has 2 aromatic carbocycles. The lowest BCUT2D eigenvalue weighted by Crippen LogP contribution is -2.06. The van der Waals surface area contributed by atoms with Gasteiger partial charge in [-0.25, -0.2) is 12.8 Å². The lowest BCUT2D eigenvalue weighted by molar-refractivity contribution is 0.0927. The maximum atomic E-state index is 13.5.